The predicted octanol–water partition coefficient (Wildman–Crippen LogP) is 3.49. The zero-order valence-corrected chi connectivity index (χ0v) is 17.2. The first kappa shape index (κ1) is 20.3. The van der Waals surface area contributed by atoms with Crippen molar-refractivity contribution < 1.29 is 23.8 Å². The summed E-state index contributed by atoms with van der Waals surface area (Å²) in [4.78, 5) is 14.5. The number of aliphatic hydroxyl groups is 1. The van der Waals surface area contributed by atoms with Crippen molar-refractivity contribution in [3.8, 4) is 17.6 Å². The molecule has 30 heavy (non-hydrogen) atoms. The molecule has 2 atom stereocenters. The number of nitriles is 1. The summed E-state index contributed by atoms with van der Waals surface area (Å²) in [6, 6.07) is 12.9. The van der Waals surface area contributed by atoms with E-state index < -0.39 is 17.5 Å². The molecule has 1 N–H and O–H groups in total. The predicted molar refractivity (Wildman–Crippen MR) is 109 cm³/mol. The maximum atomic E-state index is 13.4. The van der Waals surface area contributed by atoms with Crippen molar-refractivity contribution in [3.05, 3.63) is 70.0 Å². The normalized spacial score (nSPS) is 23.2. The van der Waals surface area contributed by atoms with Gasteiger partial charge in [0, 0.05) is 23.5 Å². The Labute approximate surface area is 177 Å². The van der Waals surface area contributed by atoms with E-state index in [1.165, 1.54) is 48.0 Å². The Morgan fingerprint density at radius 3 is 2.60 bits per heavy atom. The van der Waals surface area contributed by atoms with Gasteiger partial charge in [-0.05, 0) is 30.3 Å². The van der Waals surface area contributed by atoms with Gasteiger partial charge in [-0.2, -0.15) is 5.26 Å². The van der Waals surface area contributed by atoms with Gasteiger partial charge in [0.25, 0.3) is 0 Å². The van der Waals surface area contributed by atoms with E-state index in [0.29, 0.717) is 33.2 Å². The molecule has 0 aromatic heterocycles. The molecular formula is C22H19FN2O4S. The van der Waals surface area contributed by atoms with Gasteiger partial charge >= 0.3 is 0 Å². The van der Waals surface area contributed by atoms with E-state index in [0.717, 1.165) is 0 Å². The molecule has 0 unspecified atom stereocenters. The van der Waals surface area contributed by atoms with E-state index in [1.807, 2.05) is 0 Å². The molecule has 154 valence electrons. The van der Waals surface area contributed by atoms with Gasteiger partial charge in [-0.25, -0.2) is 4.39 Å². The minimum absolute atomic E-state index is 0.0139. The van der Waals surface area contributed by atoms with E-state index in [9.17, 15) is 19.6 Å². The van der Waals surface area contributed by atoms with Crippen LogP contribution >= 0.6 is 11.8 Å². The van der Waals surface area contributed by atoms with E-state index in [1.54, 1.807) is 25.3 Å². The monoisotopic (exact) mass is 426 g/mol. The third-order valence-corrected chi connectivity index (χ3v) is 6.65. The lowest BCUT2D eigenvalue weighted by Gasteiger charge is -2.38. The minimum Gasteiger partial charge on any atom is -0.497 e. The summed E-state index contributed by atoms with van der Waals surface area (Å²) in [6.07, 6.45) is -0.0139. The summed E-state index contributed by atoms with van der Waals surface area (Å²) >= 11 is 1.24. The van der Waals surface area contributed by atoms with Crippen LogP contribution in [-0.2, 0) is 10.5 Å². The Bertz CT molecular complexity index is 1080. The van der Waals surface area contributed by atoms with Crippen molar-refractivity contribution in [2.45, 2.75) is 18.1 Å². The Hall–Kier alpha value is -3.02. The number of carbonyl (C=O) groups is 1. The second-order valence-electron chi connectivity index (χ2n) is 7.04. The molecule has 2 aromatic carbocycles. The molecule has 1 amide bonds. The van der Waals surface area contributed by atoms with Gasteiger partial charge in [0.05, 0.1) is 36.6 Å². The van der Waals surface area contributed by atoms with E-state index in [-0.39, 0.29) is 18.1 Å². The molecule has 1 saturated heterocycles. The number of methoxy groups -OCH3 is 2. The molecule has 1 fully saturated rings. The smallest absolute Gasteiger partial charge is 0.231 e. The van der Waals surface area contributed by atoms with Gasteiger partial charge in [0.1, 0.15) is 17.3 Å². The van der Waals surface area contributed by atoms with Gasteiger partial charge in [0.2, 0.25) is 5.91 Å². The molecule has 6 nitrogen and oxygen atoms in total. The number of fused-ring (bicyclic) bond motifs is 1. The van der Waals surface area contributed by atoms with Gasteiger partial charge in [0.15, 0.2) is 5.72 Å². The Balaban J connectivity index is 1.83. The van der Waals surface area contributed by atoms with Gasteiger partial charge < -0.3 is 14.6 Å². The molecule has 0 bridgehead atoms. The Kier molecular flexibility index (Phi) is 5.18. The average molecular weight is 426 g/mol. The number of carbonyl (C=O) groups excluding carboxylic acids is 1. The van der Waals surface area contributed by atoms with Crippen LogP contribution in [0.3, 0.4) is 0 Å². The number of rotatable bonds is 4. The fourth-order valence-electron chi connectivity index (χ4n) is 3.93. The molecule has 0 radical (unpaired) electrons. The molecule has 0 spiro atoms. The number of hydrogen-bond acceptors (Lipinski definition) is 6. The van der Waals surface area contributed by atoms with Gasteiger partial charge in [-0.1, -0.05) is 12.1 Å². The molecule has 0 saturated carbocycles. The first-order chi connectivity index (χ1) is 14.4. The highest BCUT2D eigenvalue weighted by Gasteiger charge is 2.52. The highest BCUT2D eigenvalue weighted by molar-refractivity contribution is 8.03. The zero-order chi connectivity index (χ0) is 21.5. The SMILES string of the molecule is COc1ccc(OC)c([C@H]2CC(=O)N3C(=C2C#N)SC[C@]3(O)c2ccc(F)cc2)c1. The van der Waals surface area contributed by atoms with E-state index in [2.05, 4.69) is 6.07 Å². The fraction of sp³-hybridized carbons (Fsp3) is 0.273. The van der Waals surface area contributed by atoms with Crippen molar-refractivity contribution in [1.29, 1.82) is 5.26 Å². The van der Waals surface area contributed by atoms with Crippen LogP contribution in [0.15, 0.2) is 53.1 Å². The molecule has 2 aliphatic heterocycles. The van der Waals surface area contributed by atoms with Crippen molar-refractivity contribution >= 4 is 17.7 Å². The minimum atomic E-state index is -1.64. The summed E-state index contributed by atoms with van der Waals surface area (Å²) < 4.78 is 24.1. The number of hydrogen-bond donors (Lipinski definition) is 1. The lowest BCUT2D eigenvalue weighted by molar-refractivity contribution is -0.149. The van der Waals surface area contributed by atoms with Crippen molar-refractivity contribution in [3.63, 3.8) is 0 Å². The van der Waals surface area contributed by atoms with Crippen LogP contribution in [0, 0.1) is 17.1 Å². The van der Waals surface area contributed by atoms with Gasteiger partial charge in [-0.3, -0.25) is 9.69 Å². The maximum absolute atomic E-state index is 13.4. The highest BCUT2D eigenvalue weighted by Crippen LogP contribution is 2.52. The zero-order valence-electron chi connectivity index (χ0n) is 16.4. The number of amides is 1. The number of allylic oxidation sites excluding steroid dienone is 1. The summed E-state index contributed by atoms with van der Waals surface area (Å²) in [6.45, 7) is 0. The van der Waals surface area contributed by atoms with Crippen LogP contribution in [0.4, 0.5) is 4.39 Å². The standard InChI is InChI=1S/C22H19FN2O4S/c1-28-15-7-8-19(29-2)17(9-15)16-10-20(26)25-21(18(16)11-24)30-12-22(25,27)13-3-5-14(23)6-4-13/h3-9,16,27H,10,12H2,1-2H3/t16-,22+/m1/s1. The molecule has 2 aromatic rings. The molecule has 0 aliphatic carbocycles. The van der Waals surface area contributed by atoms with Crippen LogP contribution in [-0.4, -0.2) is 35.9 Å². The first-order valence-electron chi connectivity index (χ1n) is 9.23. The second kappa shape index (κ2) is 7.67. The third-order valence-electron chi connectivity index (χ3n) is 5.43. The Morgan fingerprint density at radius 1 is 1.23 bits per heavy atom. The molecule has 8 heteroatoms. The van der Waals surface area contributed by atoms with Crippen LogP contribution in [0.1, 0.15) is 23.5 Å². The molecule has 2 aliphatic rings. The van der Waals surface area contributed by atoms with Crippen LogP contribution in [0.5, 0.6) is 11.5 Å². The van der Waals surface area contributed by atoms with Crippen molar-refractivity contribution in [1.82, 2.24) is 4.90 Å². The summed E-state index contributed by atoms with van der Waals surface area (Å²) in [5, 5.41) is 21.7. The number of ether oxygens (including phenoxy) is 2. The van der Waals surface area contributed by atoms with Crippen molar-refractivity contribution in [2.24, 2.45) is 0 Å². The first-order valence-corrected chi connectivity index (χ1v) is 10.2. The van der Waals surface area contributed by atoms with Crippen LogP contribution in [0.2, 0.25) is 0 Å². The quantitative estimate of drug-likeness (QED) is 0.806. The van der Waals surface area contributed by atoms with E-state index >= 15 is 0 Å². The average Bonchev–Trinajstić information content (AvgIpc) is 3.12. The second-order valence-corrected chi connectivity index (χ2v) is 8.00. The van der Waals surface area contributed by atoms with E-state index in [4.69, 9.17) is 9.47 Å². The molecular weight excluding hydrogens is 407 g/mol. The lowest BCUT2D eigenvalue weighted by Crippen LogP contribution is -2.48. The molecule has 2 heterocycles. The summed E-state index contributed by atoms with van der Waals surface area (Å²) in [5.74, 6) is -0.00130. The number of nitrogens with zero attached hydrogens (tertiary/aromatic N) is 2. The third kappa shape index (κ3) is 3.11. The van der Waals surface area contributed by atoms with Crippen molar-refractivity contribution in [2.75, 3.05) is 20.0 Å². The van der Waals surface area contributed by atoms with Gasteiger partial charge in [-0.15, -0.1) is 11.8 Å². The highest BCUT2D eigenvalue weighted by atomic mass is 32.2. The number of thioether (sulfide) groups is 1. The maximum Gasteiger partial charge on any atom is 0.231 e. The molecule has 4 rings (SSSR count). The van der Waals surface area contributed by atoms with Crippen LogP contribution < -0.4 is 9.47 Å². The Morgan fingerprint density at radius 2 is 1.97 bits per heavy atom. The number of benzene rings is 2. The topological polar surface area (TPSA) is 82.8 Å². The summed E-state index contributed by atoms with van der Waals surface area (Å²) in [5.41, 5.74) is -0.193. The number of halogens is 1. The lowest BCUT2D eigenvalue weighted by atomic mass is 9.84. The summed E-state index contributed by atoms with van der Waals surface area (Å²) in [7, 11) is 3.07. The largest absolute Gasteiger partial charge is 0.497 e. The van der Waals surface area contributed by atoms with Crippen LogP contribution in [0.25, 0.3) is 0 Å². The fourth-order valence-corrected chi connectivity index (χ4v) is 5.29.